The van der Waals surface area contributed by atoms with Gasteiger partial charge in [-0.2, -0.15) is 0 Å². The van der Waals surface area contributed by atoms with E-state index in [0.717, 1.165) is 16.9 Å². The summed E-state index contributed by atoms with van der Waals surface area (Å²) in [5, 5.41) is 3.85. The minimum Gasteiger partial charge on any atom is -0.494 e. The third kappa shape index (κ3) is 8.08. The number of hydrogen-bond donors (Lipinski definition) is 1. The van der Waals surface area contributed by atoms with Gasteiger partial charge in [0.1, 0.15) is 11.8 Å². The average Bonchev–Trinajstić information content (AvgIpc) is 2.71. The van der Waals surface area contributed by atoms with E-state index in [1.165, 1.54) is 0 Å². The Morgan fingerprint density at radius 2 is 1.74 bits per heavy atom. The first-order chi connectivity index (χ1) is 14.7. The molecule has 0 saturated heterocycles. The Kier molecular flexibility index (Phi) is 9.66. The van der Waals surface area contributed by atoms with Gasteiger partial charge in [0.05, 0.1) is 6.61 Å². The van der Waals surface area contributed by atoms with E-state index in [-0.39, 0.29) is 30.8 Å². The van der Waals surface area contributed by atoms with Crippen LogP contribution >= 0.6 is 23.2 Å². The van der Waals surface area contributed by atoms with Crippen LogP contribution in [0.3, 0.4) is 0 Å². The second kappa shape index (κ2) is 12.0. The number of nitrogens with zero attached hydrogens (tertiary/aromatic N) is 1. The summed E-state index contributed by atoms with van der Waals surface area (Å²) in [6.07, 6.45) is 0.798. The van der Waals surface area contributed by atoms with Crippen molar-refractivity contribution in [3.63, 3.8) is 0 Å². The van der Waals surface area contributed by atoms with Crippen LogP contribution in [0.2, 0.25) is 10.0 Å². The number of nitrogens with one attached hydrogen (secondary N) is 1. The largest absolute Gasteiger partial charge is 0.494 e. The van der Waals surface area contributed by atoms with Crippen LogP contribution < -0.4 is 10.1 Å². The molecule has 0 bridgehead atoms. The Morgan fingerprint density at radius 1 is 1.06 bits per heavy atom. The van der Waals surface area contributed by atoms with E-state index in [4.69, 9.17) is 27.9 Å². The van der Waals surface area contributed by atoms with E-state index < -0.39 is 6.04 Å². The average molecular weight is 465 g/mol. The number of amides is 2. The van der Waals surface area contributed by atoms with Gasteiger partial charge in [-0.15, -0.1) is 0 Å². The maximum Gasteiger partial charge on any atom is 0.242 e. The van der Waals surface area contributed by atoms with E-state index in [2.05, 4.69) is 5.32 Å². The summed E-state index contributed by atoms with van der Waals surface area (Å²) in [5.41, 5.74) is 1.90. The highest BCUT2D eigenvalue weighted by molar-refractivity contribution is 6.35. The predicted molar refractivity (Wildman–Crippen MR) is 126 cm³/mol. The van der Waals surface area contributed by atoms with Gasteiger partial charge in [0.15, 0.2) is 0 Å². The number of carbonyl (C=O) groups excluding carboxylic acids is 2. The van der Waals surface area contributed by atoms with E-state index >= 15 is 0 Å². The summed E-state index contributed by atoms with van der Waals surface area (Å²) >= 11 is 12.3. The second-order valence-corrected chi connectivity index (χ2v) is 8.71. The van der Waals surface area contributed by atoms with Crippen LogP contribution in [0, 0.1) is 6.92 Å². The van der Waals surface area contributed by atoms with Gasteiger partial charge in [0, 0.05) is 29.1 Å². The minimum absolute atomic E-state index is 0.0195. The number of aryl methyl sites for hydroxylation is 1. The molecule has 0 aliphatic carbocycles. The van der Waals surface area contributed by atoms with Crippen molar-refractivity contribution in [1.82, 2.24) is 10.2 Å². The highest BCUT2D eigenvalue weighted by Gasteiger charge is 2.26. The van der Waals surface area contributed by atoms with Gasteiger partial charge in [0.2, 0.25) is 11.8 Å². The molecule has 2 aromatic rings. The molecule has 0 fully saturated rings. The molecule has 2 amide bonds. The van der Waals surface area contributed by atoms with Crippen molar-refractivity contribution < 1.29 is 14.3 Å². The van der Waals surface area contributed by atoms with Gasteiger partial charge in [0.25, 0.3) is 0 Å². The Hall–Kier alpha value is -2.24. The number of benzene rings is 2. The zero-order chi connectivity index (χ0) is 23.0. The van der Waals surface area contributed by atoms with E-state index in [9.17, 15) is 9.59 Å². The first-order valence-corrected chi connectivity index (χ1v) is 11.2. The maximum atomic E-state index is 13.0. The Bertz CT molecular complexity index is 885. The zero-order valence-corrected chi connectivity index (χ0v) is 20.0. The van der Waals surface area contributed by atoms with E-state index in [0.29, 0.717) is 23.1 Å². The molecule has 5 nitrogen and oxygen atoms in total. The lowest BCUT2D eigenvalue weighted by atomic mass is 10.1. The summed E-state index contributed by atoms with van der Waals surface area (Å²) in [5.74, 6) is 0.432. The minimum atomic E-state index is -0.639. The third-order valence-electron chi connectivity index (χ3n) is 4.78. The topological polar surface area (TPSA) is 58.6 Å². The zero-order valence-electron chi connectivity index (χ0n) is 18.5. The molecule has 0 heterocycles. The quantitative estimate of drug-likeness (QED) is 0.478. The number of ether oxygens (including phenoxy) is 1. The molecule has 2 aromatic carbocycles. The van der Waals surface area contributed by atoms with Crippen molar-refractivity contribution in [2.24, 2.45) is 0 Å². The molecule has 0 unspecified atom stereocenters. The molecule has 1 N–H and O–H groups in total. The van der Waals surface area contributed by atoms with Crippen LogP contribution in [0.1, 0.15) is 44.7 Å². The highest BCUT2D eigenvalue weighted by Crippen LogP contribution is 2.23. The normalized spacial score (nSPS) is 11.8. The maximum absolute atomic E-state index is 13.0. The number of hydrogen-bond acceptors (Lipinski definition) is 3. The van der Waals surface area contributed by atoms with Crippen LogP contribution in [0.25, 0.3) is 0 Å². The molecule has 0 aliphatic heterocycles. The molecule has 0 aliphatic rings. The van der Waals surface area contributed by atoms with E-state index in [1.54, 1.807) is 30.0 Å². The van der Waals surface area contributed by atoms with Gasteiger partial charge < -0.3 is 15.0 Å². The molecule has 2 rings (SSSR count). The van der Waals surface area contributed by atoms with E-state index in [1.807, 2.05) is 45.0 Å². The van der Waals surface area contributed by atoms with Crippen LogP contribution in [-0.4, -0.2) is 35.4 Å². The van der Waals surface area contributed by atoms with Crippen LogP contribution in [0.5, 0.6) is 5.75 Å². The summed E-state index contributed by atoms with van der Waals surface area (Å²) in [6.45, 7) is 8.14. The molecule has 7 heteroatoms. The van der Waals surface area contributed by atoms with Crippen molar-refractivity contribution >= 4 is 35.0 Å². The molecular formula is C24H30Cl2N2O3. The van der Waals surface area contributed by atoms with Crippen molar-refractivity contribution in [2.45, 2.75) is 59.2 Å². The smallest absolute Gasteiger partial charge is 0.242 e. The van der Waals surface area contributed by atoms with Crippen molar-refractivity contribution in [3.05, 3.63) is 63.6 Å². The fraction of sp³-hybridized carbons (Fsp3) is 0.417. The monoisotopic (exact) mass is 464 g/mol. The Labute approximate surface area is 194 Å². The third-order valence-corrected chi connectivity index (χ3v) is 5.37. The predicted octanol–water partition coefficient (Wildman–Crippen LogP) is 5.40. The molecule has 31 heavy (non-hydrogen) atoms. The van der Waals surface area contributed by atoms with Gasteiger partial charge >= 0.3 is 0 Å². The highest BCUT2D eigenvalue weighted by atomic mass is 35.5. The molecule has 0 spiro atoms. The molecular weight excluding hydrogens is 435 g/mol. The van der Waals surface area contributed by atoms with Gasteiger partial charge in [-0.05, 0) is 63.9 Å². The summed E-state index contributed by atoms with van der Waals surface area (Å²) < 4.78 is 5.72. The first kappa shape index (κ1) is 25.0. The lowest BCUT2D eigenvalue weighted by molar-refractivity contribution is -0.141. The van der Waals surface area contributed by atoms with Crippen molar-refractivity contribution in [1.29, 1.82) is 0 Å². The van der Waals surface area contributed by atoms with Gasteiger partial charge in [-0.1, -0.05) is 47.0 Å². The summed E-state index contributed by atoms with van der Waals surface area (Å²) in [4.78, 5) is 27.2. The fourth-order valence-electron chi connectivity index (χ4n) is 3.01. The van der Waals surface area contributed by atoms with Gasteiger partial charge in [-0.3, -0.25) is 9.59 Å². The molecule has 168 valence electrons. The molecule has 0 aromatic heterocycles. The number of rotatable bonds is 10. The van der Waals surface area contributed by atoms with Gasteiger partial charge in [-0.25, -0.2) is 0 Å². The van der Waals surface area contributed by atoms with Crippen molar-refractivity contribution in [3.8, 4) is 5.75 Å². The number of carbonyl (C=O) groups is 2. The fourth-order valence-corrected chi connectivity index (χ4v) is 3.48. The standard InChI is InChI=1S/C24H30Cl2N2O3/c1-16(2)27-24(30)18(4)28(15-19-9-10-20(25)14-22(19)26)23(29)6-5-13-31-21-11-7-17(3)8-12-21/h7-12,14,16,18H,5-6,13,15H2,1-4H3,(H,27,30)/t18-/m0/s1. The molecule has 1 atom stereocenters. The molecule has 0 saturated carbocycles. The number of halogens is 2. The lowest BCUT2D eigenvalue weighted by Crippen LogP contribution is -2.49. The summed E-state index contributed by atoms with van der Waals surface area (Å²) in [6, 6.07) is 12.2. The second-order valence-electron chi connectivity index (χ2n) is 7.86. The SMILES string of the molecule is Cc1ccc(OCCCC(=O)N(Cc2ccc(Cl)cc2Cl)[C@@H](C)C(=O)NC(C)C)cc1. The molecule has 0 radical (unpaired) electrons. The van der Waals surface area contributed by atoms with Crippen LogP contribution in [0.4, 0.5) is 0 Å². The Balaban J connectivity index is 2.04. The summed E-state index contributed by atoms with van der Waals surface area (Å²) in [7, 11) is 0. The van der Waals surface area contributed by atoms with Crippen LogP contribution in [-0.2, 0) is 16.1 Å². The van der Waals surface area contributed by atoms with Crippen LogP contribution in [0.15, 0.2) is 42.5 Å². The van der Waals surface area contributed by atoms with Crippen molar-refractivity contribution in [2.75, 3.05) is 6.61 Å². The lowest BCUT2D eigenvalue weighted by Gasteiger charge is -2.29. The first-order valence-electron chi connectivity index (χ1n) is 10.4. The Morgan fingerprint density at radius 3 is 2.35 bits per heavy atom.